The van der Waals surface area contributed by atoms with Crippen molar-refractivity contribution < 1.29 is 19.1 Å². The summed E-state index contributed by atoms with van der Waals surface area (Å²) in [5.74, 6) is 1.19. The zero-order valence-corrected chi connectivity index (χ0v) is 15.2. The highest BCUT2D eigenvalue weighted by molar-refractivity contribution is 6.30. The topological polar surface area (TPSA) is 64.6 Å². The van der Waals surface area contributed by atoms with Crippen LogP contribution in [0.25, 0.3) is 0 Å². The molecule has 0 radical (unpaired) electrons. The molecule has 1 heterocycles. The average molecular weight is 374 g/mol. The zero-order chi connectivity index (χ0) is 18.5. The van der Waals surface area contributed by atoms with Crippen LogP contribution in [0.2, 0.25) is 5.02 Å². The standard InChI is InChI=1S/C20H20ClNO4/c1-25-15-5-2-13(3-6-15)18(23)7-9-20(24)22-17-10-11-26-19-8-4-14(21)12-16(17)19/h2-6,8,12,17H,7,9-11H2,1H3,(H,22,24). The summed E-state index contributed by atoms with van der Waals surface area (Å²) in [6, 6.07) is 12.1. The SMILES string of the molecule is COc1ccc(C(=O)CCC(=O)NC2CCOc3ccc(Cl)cc32)cc1. The molecule has 136 valence electrons. The third-order valence-corrected chi connectivity index (χ3v) is 4.57. The number of nitrogens with one attached hydrogen (secondary N) is 1. The van der Waals surface area contributed by atoms with E-state index in [-0.39, 0.29) is 30.6 Å². The Morgan fingerprint density at radius 2 is 1.96 bits per heavy atom. The van der Waals surface area contributed by atoms with E-state index in [0.29, 0.717) is 29.4 Å². The minimum atomic E-state index is -0.162. The zero-order valence-electron chi connectivity index (χ0n) is 14.5. The monoisotopic (exact) mass is 373 g/mol. The van der Waals surface area contributed by atoms with Gasteiger partial charge in [0.05, 0.1) is 19.8 Å². The van der Waals surface area contributed by atoms with Crippen LogP contribution in [0.4, 0.5) is 0 Å². The molecule has 1 aliphatic rings. The summed E-state index contributed by atoms with van der Waals surface area (Å²) in [6.07, 6.45) is 0.966. The maximum Gasteiger partial charge on any atom is 0.220 e. The molecule has 6 heteroatoms. The largest absolute Gasteiger partial charge is 0.497 e. The van der Waals surface area contributed by atoms with E-state index < -0.39 is 0 Å². The van der Waals surface area contributed by atoms with Gasteiger partial charge in [0.2, 0.25) is 5.91 Å². The number of hydrogen-bond acceptors (Lipinski definition) is 4. The Kier molecular flexibility index (Phi) is 5.78. The Morgan fingerprint density at radius 3 is 2.69 bits per heavy atom. The van der Waals surface area contributed by atoms with Crippen LogP contribution in [-0.4, -0.2) is 25.4 Å². The third-order valence-electron chi connectivity index (χ3n) is 4.34. The summed E-state index contributed by atoms with van der Waals surface area (Å²) >= 11 is 6.05. The number of methoxy groups -OCH3 is 1. The number of rotatable bonds is 6. The molecule has 0 saturated carbocycles. The van der Waals surface area contributed by atoms with Crippen LogP contribution in [0.15, 0.2) is 42.5 Å². The van der Waals surface area contributed by atoms with Gasteiger partial charge in [-0.25, -0.2) is 0 Å². The molecular formula is C20H20ClNO4. The summed E-state index contributed by atoms with van der Waals surface area (Å²) < 4.78 is 10.7. The smallest absolute Gasteiger partial charge is 0.220 e. The van der Waals surface area contributed by atoms with Crippen LogP contribution < -0.4 is 14.8 Å². The van der Waals surface area contributed by atoms with Crippen molar-refractivity contribution in [1.82, 2.24) is 5.32 Å². The van der Waals surface area contributed by atoms with E-state index in [4.69, 9.17) is 21.1 Å². The molecule has 0 spiro atoms. The minimum absolute atomic E-state index is 0.0711. The highest BCUT2D eigenvalue weighted by Crippen LogP contribution is 2.34. The van der Waals surface area contributed by atoms with E-state index in [2.05, 4.69) is 5.32 Å². The van der Waals surface area contributed by atoms with Gasteiger partial charge in [0.1, 0.15) is 11.5 Å². The van der Waals surface area contributed by atoms with Gasteiger partial charge in [-0.15, -0.1) is 0 Å². The normalized spacial score (nSPS) is 15.5. The van der Waals surface area contributed by atoms with Gasteiger partial charge in [-0.05, 0) is 42.5 Å². The van der Waals surface area contributed by atoms with Crippen LogP contribution in [-0.2, 0) is 4.79 Å². The molecule has 26 heavy (non-hydrogen) atoms. The van der Waals surface area contributed by atoms with E-state index in [1.54, 1.807) is 37.4 Å². The lowest BCUT2D eigenvalue weighted by Crippen LogP contribution is -2.32. The molecule has 2 aromatic carbocycles. The number of ketones is 1. The Bertz CT molecular complexity index is 804. The third kappa shape index (κ3) is 4.35. The highest BCUT2D eigenvalue weighted by atomic mass is 35.5. The molecule has 0 fully saturated rings. The summed E-state index contributed by atoms with van der Waals surface area (Å²) in [7, 11) is 1.57. The number of Topliss-reactive ketones (excluding diaryl/α,β-unsaturated/α-hetero) is 1. The summed E-state index contributed by atoms with van der Waals surface area (Å²) in [5, 5.41) is 3.58. The van der Waals surface area contributed by atoms with Gasteiger partial charge in [0.15, 0.2) is 5.78 Å². The lowest BCUT2D eigenvalue weighted by atomic mass is 10.00. The first kappa shape index (κ1) is 18.3. The molecule has 0 aromatic heterocycles. The summed E-state index contributed by atoms with van der Waals surface area (Å²) in [5.41, 5.74) is 1.44. The van der Waals surface area contributed by atoms with Crippen molar-refractivity contribution >= 4 is 23.3 Å². The van der Waals surface area contributed by atoms with Gasteiger partial charge in [-0.1, -0.05) is 11.6 Å². The van der Waals surface area contributed by atoms with Gasteiger partial charge in [-0.3, -0.25) is 9.59 Å². The molecule has 0 aliphatic carbocycles. The number of amides is 1. The van der Waals surface area contributed by atoms with Crippen LogP contribution in [0, 0.1) is 0 Å². The van der Waals surface area contributed by atoms with Gasteiger partial charge in [0, 0.05) is 35.4 Å². The second-order valence-corrected chi connectivity index (χ2v) is 6.53. The molecule has 1 atom stereocenters. The molecule has 1 amide bonds. The van der Waals surface area contributed by atoms with E-state index in [9.17, 15) is 9.59 Å². The molecule has 5 nitrogen and oxygen atoms in total. The van der Waals surface area contributed by atoms with E-state index in [1.807, 2.05) is 12.1 Å². The Hall–Kier alpha value is -2.53. The van der Waals surface area contributed by atoms with E-state index in [1.165, 1.54) is 0 Å². The van der Waals surface area contributed by atoms with Gasteiger partial charge >= 0.3 is 0 Å². The predicted molar refractivity (Wildman–Crippen MR) is 99.0 cm³/mol. The number of benzene rings is 2. The number of carbonyl (C=O) groups excluding carboxylic acids is 2. The molecular weight excluding hydrogens is 354 g/mol. The molecule has 1 aliphatic heterocycles. The summed E-state index contributed by atoms with van der Waals surface area (Å²) in [6.45, 7) is 0.532. The number of carbonyl (C=O) groups is 2. The minimum Gasteiger partial charge on any atom is -0.497 e. The Balaban J connectivity index is 1.56. The number of hydrogen-bond donors (Lipinski definition) is 1. The van der Waals surface area contributed by atoms with Crippen LogP contribution in [0.3, 0.4) is 0 Å². The average Bonchev–Trinajstić information content (AvgIpc) is 2.66. The fourth-order valence-electron chi connectivity index (χ4n) is 2.93. The maximum absolute atomic E-state index is 12.3. The molecule has 0 bridgehead atoms. The van der Waals surface area contributed by atoms with Crippen molar-refractivity contribution in [3.63, 3.8) is 0 Å². The van der Waals surface area contributed by atoms with Gasteiger partial charge in [0.25, 0.3) is 0 Å². The van der Waals surface area contributed by atoms with Gasteiger partial charge < -0.3 is 14.8 Å². The quantitative estimate of drug-likeness (QED) is 0.778. The second kappa shape index (κ2) is 8.23. The Labute approximate surface area is 157 Å². The number of halogens is 1. The van der Waals surface area contributed by atoms with Crippen molar-refractivity contribution in [3.8, 4) is 11.5 Å². The second-order valence-electron chi connectivity index (χ2n) is 6.09. The maximum atomic E-state index is 12.3. The van der Waals surface area contributed by atoms with Crippen molar-refractivity contribution in [3.05, 3.63) is 58.6 Å². The Morgan fingerprint density at radius 1 is 1.19 bits per heavy atom. The number of fused-ring (bicyclic) bond motifs is 1. The first-order valence-corrected chi connectivity index (χ1v) is 8.83. The van der Waals surface area contributed by atoms with Crippen molar-refractivity contribution in [1.29, 1.82) is 0 Å². The van der Waals surface area contributed by atoms with Crippen LogP contribution in [0.5, 0.6) is 11.5 Å². The first-order chi connectivity index (χ1) is 12.6. The fraction of sp³-hybridized carbons (Fsp3) is 0.300. The fourth-order valence-corrected chi connectivity index (χ4v) is 3.11. The van der Waals surface area contributed by atoms with Crippen molar-refractivity contribution in [2.75, 3.05) is 13.7 Å². The number of ether oxygens (including phenoxy) is 2. The van der Waals surface area contributed by atoms with E-state index in [0.717, 1.165) is 11.3 Å². The van der Waals surface area contributed by atoms with E-state index >= 15 is 0 Å². The van der Waals surface area contributed by atoms with Crippen LogP contribution >= 0.6 is 11.6 Å². The lowest BCUT2D eigenvalue weighted by molar-refractivity contribution is -0.122. The molecule has 0 saturated heterocycles. The molecule has 2 aromatic rings. The first-order valence-electron chi connectivity index (χ1n) is 8.45. The van der Waals surface area contributed by atoms with Crippen LogP contribution in [0.1, 0.15) is 41.2 Å². The lowest BCUT2D eigenvalue weighted by Gasteiger charge is -2.26. The highest BCUT2D eigenvalue weighted by Gasteiger charge is 2.23. The van der Waals surface area contributed by atoms with Gasteiger partial charge in [-0.2, -0.15) is 0 Å². The van der Waals surface area contributed by atoms with Crippen molar-refractivity contribution in [2.45, 2.75) is 25.3 Å². The molecule has 1 unspecified atom stereocenters. The predicted octanol–water partition coefficient (Wildman–Crippen LogP) is 3.95. The molecule has 3 rings (SSSR count). The van der Waals surface area contributed by atoms with Crippen molar-refractivity contribution in [2.24, 2.45) is 0 Å². The summed E-state index contributed by atoms with van der Waals surface area (Å²) in [4.78, 5) is 24.5. The molecule has 1 N–H and O–H groups in total.